The molecule has 0 saturated carbocycles. The van der Waals surface area contributed by atoms with Crippen LogP contribution in [0.4, 0.5) is 0 Å². The van der Waals surface area contributed by atoms with Gasteiger partial charge in [0.2, 0.25) is 0 Å². The van der Waals surface area contributed by atoms with E-state index in [0.29, 0.717) is 19.4 Å². The van der Waals surface area contributed by atoms with Crippen molar-refractivity contribution in [1.82, 2.24) is 10.4 Å². The largest absolute Gasteiger partial charge is 0.480 e. The van der Waals surface area contributed by atoms with E-state index in [1.54, 1.807) is 11.3 Å². The number of rotatable bonds is 6. The van der Waals surface area contributed by atoms with Gasteiger partial charge in [-0.15, -0.1) is 0 Å². The number of carboxylic acids is 1. The monoisotopic (exact) mass is 200 g/mol. The van der Waals surface area contributed by atoms with E-state index in [1.165, 1.54) is 0 Å². The van der Waals surface area contributed by atoms with Gasteiger partial charge < -0.3 is 10.8 Å². The Morgan fingerprint density at radius 1 is 1.79 bits per heavy atom. The third kappa shape index (κ3) is 3.31. The molecule has 0 radical (unpaired) electrons. The van der Waals surface area contributed by atoms with Crippen LogP contribution < -0.4 is 11.2 Å². The molecule has 0 bridgehead atoms. The number of hydrazine groups is 1. The molecule has 0 saturated heterocycles. The summed E-state index contributed by atoms with van der Waals surface area (Å²) < 4.78 is 0. The standard InChI is InChI=1S/C8H16N4O2/c9-3-1-2-7(8(13)14)11-12-5-4-10-6-12/h6-7,11H,1-5,9H2,(H,13,14)/t7-/m1/s1. The van der Waals surface area contributed by atoms with Gasteiger partial charge in [0, 0.05) is 0 Å². The lowest BCUT2D eigenvalue weighted by Crippen LogP contribution is -2.47. The SMILES string of the molecule is NCCC[C@@H](NN1C=NCC1)C(=O)O. The van der Waals surface area contributed by atoms with E-state index in [0.717, 1.165) is 13.1 Å². The summed E-state index contributed by atoms with van der Waals surface area (Å²) in [5.41, 5.74) is 8.20. The van der Waals surface area contributed by atoms with Crippen LogP contribution in [0.15, 0.2) is 4.99 Å². The Bertz CT molecular complexity index is 219. The molecule has 1 aliphatic rings. The maximum absolute atomic E-state index is 10.8. The lowest BCUT2D eigenvalue weighted by atomic mass is 10.2. The number of aliphatic carboxylic acids is 1. The first kappa shape index (κ1) is 10.9. The predicted octanol–water partition coefficient (Wildman–Crippen LogP) is -0.973. The molecule has 6 nitrogen and oxygen atoms in total. The van der Waals surface area contributed by atoms with Gasteiger partial charge in [-0.25, -0.2) is 5.43 Å². The van der Waals surface area contributed by atoms with Crippen LogP contribution in [-0.4, -0.2) is 48.1 Å². The van der Waals surface area contributed by atoms with Gasteiger partial charge in [0.1, 0.15) is 6.04 Å². The number of carboxylic acid groups (broad SMARTS) is 1. The van der Waals surface area contributed by atoms with Gasteiger partial charge in [-0.3, -0.25) is 14.8 Å². The van der Waals surface area contributed by atoms with Crippen molar-refractivity contribution in [1.29, 1.82) is 0 Å². The van der Waals surface area contributed by atoms with Gasteiger partial charge in [0.25, 0.3) is 0 Å². The van der Waals surface area contributed by atoms with E-state index >= 15 is 0 Å². The summed E-state index contributed by atoms with van der Waals surface area (Å²) in [4.78, 5) is 14.8. The molecule has 1 rings (SSSR count). The number of hydrogen-bond donors (Lipinski definition) is 3. The minimum Gasteiger partial charge on any atom is -0.480 e. The number of nitrogens with zero attached hydrogens (tertiary/aromatic N) is 2. The van der Waals surface area contributed by atoms with Crippen LogP contribution in [0, 0.1) is 0 Å². The van der Waals surface area contributed by atoms with Crippen LogP contribution in [0.2, 0.25) is 0 Å². The molecule has 0 aliphatic carbocycles. The molecule has 4 N–H and O–H groups in total. The fourth-order valence-electron chi connectivity index (χ4n) is 1.24. The Morgan fingerprint density at radius 2 is 2.57 bits per heavy atom. The van der Waals surface area contributed by atoms with Crippen molar-refractivity contribution in [3.63, 3.8) is 0 Å². The van der Waals surface area contributed by atoms with Crippen molar-refractivity contribution >= 4 is 12.3 Å². The average Bonchev–Trinajstić information content (AvgIpc) is 2.64. The first-order valence-corrected chi connectivity index (χ1v) is 4.69. The van der Waals surface area contributed by atoms with Crippen molar-refractivity contribution in [2.45, 2.75) is 18.9 Å². The second-order valence-corrected chi connectivity index (χ2v) is 3.17. The maximum Gasteiger partial charge on any atom is 0.322 e. The fourth-order valence-corrected chi connectivity index (χ4v) is 1.24. The highest BCUT2D eigenvalue weighted by Crippen LogP contribution is 1.99. The van der Waals surface area contributed by atoms with Crippen LogP contribution in [-0.2, 0) is 4.79 Å². The van der Waals surface area contributed by atoms with Crippen molar-refractivity contribution < 1.29 is 9.90 Å². The summed E-state index contributed by atoms with van der Waals surface area (Å²) in [6.07, 6.45) is 2.86. The van der Waals surface area contributed by atoms with E-state index in [-0.39, 0.29) is 0 Å². The van der Waals surface area contributed by atoms with Crippen LogP contribution in [0.3, 0.4) is 0 Å². The molecule has 80 valence electrons. The molecule has 1 aliphatic heterocycles. The summed E-state index contributed by atoms with van der Waals surface area (Å²) in [7, 11) is 0. The van der Waals surface area contributed by atoms with E-state index in [9.17, 15) is 4.79 Å². The van der Waals surface area contributed by atoms with Gasteiger partial charge in [-0.1, -0.05) is 0 Å². The highest BCUT2D eigenvalue weighted by Gasteiger charge is 2.19. The summed E-state index contributed by atoms with van der Waals surface area (Å²) in [6, 6.07) is -0.567. The van der Waals surface area contributed by atoms with Crippen LogP contribution in [0.25, 0.3) is 0 Å². The number of hydrogen-bond acceptors (Lipinski definition) is 5. The second kappa shape index (κ2) is 5.56. The molecule has 14 heavy (non-hydrogen) atoms. The fraction of sp³-hybridized carbons (Fsp3) is 0.750. The lowest BCUT2D eigenvalue weighted by Gasteiger charge is -2.21. The van der Waals surface area contributed by atoms with Crippen LogP contribution in [0.1, 0.15) is 12.8 Å². The molecule has 0 amide bonds. The molecule has 1 heterocycles. The van der Waals surface area contributed by atoms with Gasteiger partial charge >= 0.3 is 5.97 Å². The third-order valence-electron chi connectivity index (χ3n) is 2.01. The van der Waals surface area contributed by atoms with Crippen molar-refractivity contribution in [3.05, 3.63) is 0 Å². The number of nitrogens with one attached hydrogen (secondary N) is 1. The molecular formula is C8H16N4O2. The Kier molecular flexibility index (Phi) is 4.34. The molecule has 0 fully saturated rings. The second-order valence-electron chi connectivity index (χ2n) is 3.17. The van der Waals surface area contributed by atoms with Crippen molar-refractivity contribution in [2.24, 2.45) is 10.7 Å². The zero-order valence-electron chi connectivity index (χ0n) is 8.02. The Labute approximate surface area is 82.8 Å². The highest BCUT2D eigenvalue weighted by atomic mass is 16.4. The van der Waals surface area contributed by atoms with Crippen molar-refractivity contribution in [3.8, 4) is 0 Å². The molecule has 0 aromatic heterocycles. The highest BCUT2D eigenvalue weighted by molar-refractivity contribution is 5.73. The minimum absolute atomic E-state index is 0.513. The molecule has 0 spiro atoms. The van der Waals surface area contributed by atoms with Gasteiger partial charge in [0.15, 0.2) is 0 Å². The van der Waals surface area contributed by atoms with Crippen LogP contribution in [0.5, 0.6) is 0 Å². The topological polar surface area (TPSA) is 91.0 Å². The quantitative estimate of drug-likeness (QED) is 0.513. The average molecular weight is 200 g/mol. The lowest BCUT2D eigenvalue weighted by molar-refractivity contribution is -0.140. The smallest absolute Gasteiger partial charge is 0.322 e. The zero-order chi connectivity index (χ0) is 10.4. The van der Waals surface area contributed by atoms with Gasteiger partial charge in [-0.05, 0) is 19.4 Å². The van der Waals surface area contributed by atoms with E-state index in [1.807, 2.05) is 0 Å². The molecule has 6 heteroatoms. The molecule has 0 aromatic carbocycles. The predicted molar refractivity (Wildman–Crippen MR) is 52.9 cm³/mol. The molecule has 0 aromatic rings. The van der Waals surface area contributed by atoms with E-state index in [2.05, 4.69) is 10.4 Å². The summed E-state index contributed by atoms with van der Waals surface area (Å²) in [5, 5.41) is 10.6. The number of carbonyl (C=O) groups is 1. The Balaban J connectivity index is 2.34. The van der Waals surface area contributed by atoms with Gasteiger partial charge in [-0.2, -0.15) is 0 Å². The van der Waals surface area contributed by atoms with Gasteiger partial charge in [0.05, 0.1) is 19.4 Å². The molecule has 0 unspecified atom stereocenters. The summed E-state index contributed by atoms with van der Waals surface area (Å²) >= 11 is 0. The first-order valence-electron chi connectivity index (χ1n) is 4.69. The molecular weight excluding hydrogens is 184 g/mol. The van der Waals surface area contributed by atoms with E-state index in [4.69, 9.17) is 10.8 Å². The molecule has 1 atom stereocenters. The van der Waals surface area contributed by atoms with E-state index < -0.39 is 12.0 Å². The number of aliphatic imine (C=N–C) groups is 1. The maximum atomic E-state index is 10.8. The first-order chi connectivity index (χ1) is 6.74. The zero-order valence-corrected chi connectivity index (χ0v) is 8.02. The summed E-state index contributed by atoms with van der Waals surface area (Å²) in [5.74, 6) is -0.848. The van der Waals surface area contributed by atoms with Crippen molar-refractivity contribution in [2.75, 3.05) is 19.6 Å². The summed E-state index contributed by atoms with van der Waals surface area (Å²) in [6.45, 7) is 1.96. The minimum atomic E-state index is -0.848. The Morgan fingerprint density at radius 3 is 3.07 bits per heavy atom. The Hall–Kier alpha value is -1.14. The normalized spacial score (nSPS) is 17.4. The third-order valence-corrected chi connectivity index (χ3v) is 2.01. The van der Waals surface area contributed by atoms with Crippen LogP contribution >= 0.6 is 0 Å². The number of nitrogens with two attached hydrogens (primary N) is 1.